The molecule has 0 aliphatic rings. The molecule has 0 radical (unpaired) electrons. The van der Waals surface area contributed by atoms with Gasteiger partial charge in [0.25, 0.3) is 0 Å². The number of aryl methyl sites for hydroxylation is 2. The predicted molar refractivity (Wildman–Crippen MR) is 65.6 cm³/mol. The summed E-state index contributed by atoms with van der Waals surface area (Å²) in [5.74, 6) is 0.736. The summed E-state index contributed by atoms with van der Waals surface area (Å²) in [5.41, 5.74) is 1.85. The molecule has 0 aliphatic carbocycles. The van der Waals surface area contributed by atoms with Crippen molar-refractivity contribution in [2.75, 3.05) is 23.3 Å². The Morgan fingerprint density at radius 3 is 2.40 bits per heavy atom. The Balaban J connectivity index is 2.85. The van der Waals surface area contributed by atoms with Crippen LogP contribution in [-0.4, -0.2) is 33.6 Å². The van der Waals surface area contributed by atoms with Crippen molar-refractivity contribution in [1.82, 2.24) is 15.2 Å². The molecule has 84 valence electrons. The minimum absolute atomic E-state index is 0.736. The average Bonchev–Trinajstić information content (AvgIpc) is 2.22. The maximum Gasteiger partial charge on any atom is 0.245 e. The van der Waals surface area contributed by atoms with Gasteiger partial charge in [-0.3, -0.25) is 0 Å². The molecule has 5 heteroatoms. The molecule has 15 heavy (non-hydrogen) atoms. The highest BCUT2D eigenvalue weighted by molar-refractivity contribution is 9.09. The number of rotatable bonds is 5. The van der Waals surface area contributed by atoms with Gasteiger partial charge in [0.2, 0.25) is 5.95 Å². The van der Waals surface area contributed by atoms with Crippen LogP contribution in [0.25, 0.3) is 0 Å². The number of halogens is 1. The van der Waals surface area contributed by atoms with E-state index in [1.54, 1.807) is 0 Å². The largest absolute Gasteiger partial charge is 0.339 e. The molecular weight excluding hydrogens is 256 g/mol. The van der Waals surface area contributed by atoms with Crippen molar-refractivity contribution >= 4 is 21.9 Å². The number of hydrogen-bond donors (Lipinski definition) is 0. The summed E-state index contributed by atoms with van der Waals surface area (Å²) in [6.07, 6.45) is 1.09. The summed E-state index contributed by atoms with van der Waals surface area (Å²) in [5, 5.41) is 9.14. The fourth-order valence-corrected chi connectivity index (χ4v) is 1.69. The lowest BCUT2D eigenvalue weighted by atomic mass is 10.4. The minimum Gasteiger partial charge on any atom is -0.339 e. The van der Waals surface area contributed by atoms with Crippen molar-refractivity contribution in [1.29, 1.82) is 0 Å². The van der Waals surface area contributed by atoms with Gasteiger partial charge in [0.05, 0.1) is 11.4 Å². The first-order chi connectivity index (χ1) is 7.19. The van der Waals surface area contributed by atoms with Gasteiger partial charge in [0, 0.05) is 18.4 Å². The van der Waals surface area contributed by atoms with Crippen molar-refractivity contribution in [2.45, 2.75) is 27.2 Å². The van der Waals surface area contributed by atoms with Gasteiger partial charge in [0.1, 0.15) is 0 Å². The topological polar surface area (TPSA) is 41.9 Å². The number of alkyl halides is 1. The fraction of sp³-hybridized carbons (Fsp3) is 0.700. The van der Waals surface area contributed by atoms with Crippen molar-refractivity contribution in [2.24, 2.45) is 0 Å². The second-order valence-corrected chi connectivity index (χ2v) is 4.25. The molecule has 0 fully saturated rings. The molecule has 1 aromatic heterocycles. The first kappa shape index (κ1) is 12.4. The highest BCUT2D eigenvalue weighted by Gasteiger charge is 2.09. The van der Waals surface area contributed by atoms with Gasteiger partial charge in [-0.15, -0.1) is 5.10 Å². The summed E-state index contributed by atoms with van der Waals surface area (Å²) in [6.45, 7) is 7.92. The number of hydrogen-bond acceptors (Lipinski definition) is 4. The first-order valence-electron chi connectivity index (χ1n) is 5.17. The molecule has 0 saturated carbocycles. The normalized spacial score (nSPS) is 10.4. The molecule has 0 unspecified atom stereocenters. The van der Waals surface area contributed by atoms with E-state index in [2.05, 4.69) is 42.9 Å². The highest BCUT2D eigenvalue weighted by atomic mass is 79.9. The quantitative estimate of drug-likeness (QED) is 0.770. The highest BCUT2D eigenvalue weighted by Crippen LogP contribution is 2.09. The molecule has 0 spiro atoms. The Hall–Kier alpha value is -0.710. The van der Waals surface area contributed by atoms with Crippen LogP contribution in [0.4, 0.5) is 5.95 Å². The van der Waals surface area contributed by atoms with E-state index in [0.29, 0.717) is 0 Å². The zero-order valence-corrected chi connectivity index (χ0v) is 11.1. The molecule has 1 heterocycles. The van der Waals surface area contributed by atoms with Crippen LogP contribution in [0.3, 0.4) is 0 Å². The van der Waals surface area contributed by atoms with E-state index < -0.39 is 0 Å². The third-order valence-electron chi connectivity index (χ3n) is 2.21. The lowest BCUT2D eigenvalue weighted by molar-refractivity contribution is 0.740. The molecular formula is C10H17BrN4. The lowest BCUT2D eigenvalue weighted by Crippen LogP contribution is -2.28. The van der Waals surface area contributed by atoms with E-state index in [9.17, 15) is 0 Å². The average molecular weight is 273 g/mol. The molecule has 0 atom stereocenters. The van der Waals surface area contributed by atoms with Crippen LogP contribution in [0.5, 0.6) is 0 Å². The van der Waals surface area contributed by atoms with Crippen LogP contribution in [0, 0.1) is 13.8 Å². The number of anilines is 1. The van der Waals surface area contributed by atoms with Crippen LogP contribution < -0.4 is 4.90 Å². The number of nitrogens with zero attached hydrogens (tertiary/aromatic N) is 4. The maximum atomic E-state index is 4.44. The molecule has 0 bridgehead atoms. The van der Waals surface area contributed by atoms with Crippen molar-refractivity contribution < 1.29 is 0 Å². The first-order valence-corrected chi connectivity index (χ1v) is 6.30. The smallest absolute Gasteiger partial charge is 0.245 e. The van der Waals surface area contributed by atoms with Gasteiger partial charge in [-0.1, -0.05) is 22.9 Å². The third-order valence-corrected chi connectivity index (χ3v) is 2.57. The van der Waals surface area contributed by atoms with E-state index in [1.807, 2.05) is 13.8 Å². The molecule has 1 aromatic rings. The Kier molecular flexibility index (Phi) is 4.94. The van der Waals surface area contributed by atoms with Crippen molar-refractivity contribution in [3.63, 3.8) is 0 Å². The monoisotopic (exact) mass is 272 g/mol. The molecule has 0 N–H and O–H groups in total. The standard InChI is InChI=1S/C10H17BrN4/c1-4-6-15(7-5-11)10-12-8(2)9(3)13-14-10/h4-7H2,1-3H3. The van der Waals surface area contributed by atoms with Gasteiger partial charge in [-0.2, -0.15) is 5.10 Å². The molecule has 0 aromatic carbocycles. The fourth-order valence-electron chi connectivity index (χ4n) is 1.26. The van der Waals surface area contributed by atoms with E-state index in [-0.39, 0.29) is 0 Å². The molecule has 1 rings (SSSR count). The summed E-state index contributed by atoms with van der Waals surface area (Å²) in [4.78, 5) is 6.59. The summed E-state index contributed by atoms with van der Waals surface area (Å²) in [7, 11) is 0. The zero-order chi connectivity index (χ0) is 11.3. The van der Waals surface area contributed by atoms with E-state index in [0.717, 1.165) is 42.2 Å². The Morgan fingerprint density at radius 2 is 1.87 bits per heavy atom. The van der Waals surface area contributed by atoms with Gasteiger partial charge in [-0.05, 0) is 20.3 Å². The third kappa shape index (κ3) is 3.41. The van der Waals surface area contributed by atoms with Crippen molar-refractivity contribution in [3.05, 3.63) is 11.4 Å². The molecule has 0 aliphatic heterocycles. The molecule has 0 saturated heterocycles. The lowest BCUT2D eigenvalue weighted by Gasteiger charge is -2.20. The summed E-state index contributed by atoms with van der Waals surface area (Å²) < 4.78 is 0. The van der Waals surface area contributed by atoms with Crippen molar-refractivity contribution in [3.8, 4) is 0 Å². The SMILES string of the molecule is CCCN(CCBr)c1nnc(C)c(C)n1. The van der Waals surface area contributed by atoms with Crippen LogP contribution >= 0.6 is 15.9 Å². The van der Waals surface area contributed by atoms with Gasteiger partial charge in [0.15, 0.2) is 0 Å². The summed E-state index contributed by atoms with van der Waals surface area (Å²) >= 11 is 3.43. The van der Waals surface area contributed by atoms with Crippen LogP contribution in [0.15, 0.2) is 0 Å². The minimum atomic E-state index is 0.736. The Morgan fingerprint density at radius 1 is 1.13 bits per heavy atom. The Bertz CT molecular complexity index is 310. The van der Waals surface area contributed by atoms with Crippen LogP contribution in [0.2, 0.25) is 0 Å². The van der Waals surface area contributed by atoms with E-state index >= 15 is 0 Å². The molecule has 0 amide bonds. The van der Waals surface area contributed by atoms with Gasteiger partial charge < -0.3 is 4.90 Å². The Labute approximate surface area is 99.2 Å². The second kappa shape index (κ2) is 6.00. The van der Waals surface area contributed by atoms with E-state index in [4.69, 9.17) is 0 Å². The number of aromatic nitrogens is 3. The van der Waals surface area contributed by atoms with E-state index in [1.165, 1.54) is 0 Å². The second-order valence-electron chi connectivity index (χ2n) is 3.46. The maximum absolute atomic E-state index is 4.44. The zero-order valence-electron chi connectivity index (χ0n) is 9.50. The predicted octanol–water partition coefficient (Wildman–Crippen LogP) is 2.10. The van der Waals surface area contributed by atoms with Crippen LogP contribution in [-0.2, 0) is 0 Å². The van der Waals surface area contributed by atoms with Crippen LogP contribution in [0.1, 0.15) is 24.7 Å². The van der Waals surface area contributed by atoms with Gasteiger partial charge in [-0.25, -0.2) is 4.98 Å². The summed E-state index contributed by atoms with van der Waals surface area (Å²) in [6, 6.07) is 0. The molecule has 4 nitrogen and oxygen atoms in total. The van der Waals surface area contributed by atoms with Gasteiger partial charge >= 0.3 is 0 Å².